The molecule has 0 spiro atoms. The number of benzene rings is 1. The number of hydrogen-bond donors (Lipinski definition) is 2. The lowest BCUT2D eigenvalue weighted by atomic mass is 9.74. The number of hydrogen-bond acceptors (Lipinski definition) is 3. The molecule has 31 heavy (non-hydrogen) atoms. The highest BCUT2D eigenvalue weighted by Gasteiger charge is 2.42. The summed E-state index contributed by atoms with van der Waals surface area (Å²) in [6.45, 7) is 2.93. The molecule has 1 aromatic heterocycles. The molecule has 6 rings (SSSR count). The van der Waals surface area contributed by atoms with Crippen LogP contribution < -0.4 is 10.6 Å². The quantitative estimate of drug-likeness (QED) is 0.749. The van der Waals surface area contributed by atoms with Crippen LogP contribution in [0.2, 0.25) is 0 Å². The Morgan fingerprint density at radius 2 is 1.94 bits per heavy atom. The molecular weight excluding hydrogens is 386 g/mol. The number of aryl methyl sites for hydroxylation is 1. The Kier molecular flexibility index (Phi) is 5.99. The summed E-state index contributed by atoms with van der Waals surface area (Å²) in [6.07, 6.45) is 9.09. The van der Waals surface area contributed by atoms with E-state index in [1.807, 2.05) is 30.3 Å². The summed E-state index contributed by atoms with van der Waals surface area (Å²) in [7, 11) is 2.13. The SMILES string of the molecule is Cn1nc(C2CCCCC2)cc1[C@@H]1CN2CC[C@H]1C[C@@H]2CNC(=O)Nc1ccccc1. The first-order valence-electron chi connectivity index (χ1n) is 12.0. The second-order valence-corrected chi connectivity index (χ2v) is 9.69. The Morgan fingerprint density at radius 3 is 2.68 bits per heavy atom. The molecule has 2 amide bonds. The van der Waals surface area contributed by atoms with Crippen LogP contribution in [0.4, 0.5) is 10.5 Å². The molecule has 6 heteroatoms. The zero-order chi connectivity index (χ0) is 21.2. The fourth-order valence-corrected chi connectivity index (χ4v) is 6.04. The number of rotatable bonds is 5. The van der Waals surface area contributed by atoms with Crippen LogP contribution in [0, 0.1) is 5.92 Å². The molecule has 6 nitrogen and oxygen atoms in total. The van der Waals surface area contributed by atoms with Gasteiger partial charge in [0.1, 0.15) is 0 Å². The number of carbonyl (C=O) groups is 1. The summed E-state index contributed by atoms with van der Waals surface area (Å²) in [4.78, 5) is 14.9. The molecule has 0 radical (unpaired) electrons. The van der Waals surface area contributed by atoms with Crippen molar-refractivity contribution < 1.29 is 4.79 Å². The van der Waals surface area contributed by atoms with Crippen LogP contribution in [0.15, 0.2) is 36.4 Å². The van der Waals surface area contributed by atoms with Gasteiger partial charge >= 0.3 is 6.03 Å². The van der Waals surface area contributed by atoms with Gasteiger partial charge in [0.05, 0.1) is 5.69 Å². The van der Waals surface area contributed by atoms with Crippen LogP contribution in [-0.4, -0.2) is 46.4 Å². The molecule has 1 aliphatic carbocycles. The number of nitrogens with zero attached hydrogens (tertiary/aromatic N) is 3. The molecule has 2 N–H and O–H groups in total. The lowest BCUT2D eigenvalue weighted by molar-refractivity contribution is 0.0296. The van der Waals surface area contributed by atoms with Gasteiger partial charge in [-0.2, -0.15) is 5.10 Å². The van der Waals surface area contributed by atoms with Gasteiger partial charge < -0.3 is 10.6 Å². The zero-order valence-electron chi connectivity index (χ0n) is 18.6. The number of aromatic nitrogens is 2. The van der Waals surface area contributed by atoms with Crippen molar-refractivity contribution in [3.8, 4) is 0 Å². The molecule has 1 saturated carbocycles. The zero-order valence-corrected chi connectivity index (χ0v) is 18.6. The number of anilines is 1. The van der Waals surface area contributed by atoms with E-state index in [9.17, 15) is 4.79 Å². The van der Waals surface area contributed by atoms with Crippen LogP contribution in [0.1, 0.15) is 68.2 Å². The van der Waals surface area contributed by atoms with Crippen LogP contribution in [0.3, 0.4) is 0 Å². The molecule has 2 bridgehead atoms. The topological polar surface area (TPSA) is 62.2 Å². The molecule has 4 aliphatic rings. The summed E-state index contributed by atoms with van der Waals surface area (Å²) in [5.74, 6) is 1.91. The van der Waals surface area contributed by atoms with Gasteiger partial charge in [-0.05, 0) is 56.3 Å². The fourth-order valence-electron chi connectivity index (χ4n) is 6.04. The van der Waals surface area contributed by atoms with E-state index in [2.05, 4.69) is 33.3 Å². The van der Waals surface area contributed by atoms with Crippen LogP contribution >= 0.6 is 0 Å². The highest BCUT2D eigenvalue weighted by atomic mass is 16.2. The standard InChI is InChI=1S/C25H35N5O/c1-29-24(15-23(28-29)18-8-4-2-5-9-18)22-17-30-13-12-19(22)14-21(30)16-26-25(31)27-20-10-6-3-7-11-20/h3,6-7,10-11,15,18-19,21-22H,2,4-5,8-9,12-14,16-17H2,1H3,(H2,26,27,31)/t19-,21+,22+/m0/s1. The largest absolute Gasteiger partial charge is 0.336 e. The molecule has 2 aromatic rings. The molecule has 4 atom stereocenters. The van der Waals surface area contributed by atoms with Crippen molar-refractivity contribution in [2.45, 2.75) is 62.8 Å². The van der Waals surface area contributed by atoms with Gasteiger partial charge in [-0.15, -0.1) is 0 Å². The first-order chi connectivity index (χ1) is 15.2. The Hall–Kier alpha value is -2.34. The molecule has 4 heterocycles. The summed E-state index contributed by atoms with van der Waals surface area (Å²) in [5, 5.41) is 11.0. The lowest BCUT2D eigenvalue weighted by Gasteiger charge is -2.49. The van der Waals surface area contributed by atoms with E-state index in [0.29, 0.717) is 30.3 Å². The van der Waals surface area contributed by atoms with Crippen molar-refractivity contribution in [1.82, 2.24) is 20.0 Å². The number of urea groups is 1. The van der Waals surface area contributed by atoms with Crippen LogP contribution in [-0.2, 0) is 7.05 Å². The number of para-hydroxylation sites is 1. The second-order valence-electron chi connectivity index (χ2n) is 9.69. The summed E-state index contributed by atoms with van der Waals surface area (Å²) < 4.78 is 2.16. The second kappa shape index (κ2) is 9.03. The van der Waals surface area contributed by atoms with Crippen LogP contribution in [0.5, 0.6) is 0 Å². The van der Waals surface area contributed by atoms with Gasteiger partial charge in [-0.25, -0.2) is 4.79 Å². The molecule has 3 aliphatic heterocycles. The highest BCUT2D eigenvalue weighted by Crippen LogP contribution is 2.42. The van der Waals surface area contributed by atoms with Crippen molar-refractivity contribution in [2.24, 2.45) is 13.0 Å². The minimum atomic E-state index is -0.117. The van der Waals surface area contributed by atoms with E-state index >= 15 is 0 Å². The monoisotopic (exact) mass is 421 g/mol. The first kappa shape index (κ1) is 20.6. The fraction of sp³-hybridized carbons (Fsp3) is 0.600. The third-order valence-corrected chi connectivity index (χ3v) is 7.75. The van der Waals surface area contributed by atoms with Gasteiger partial charge in [-0.1, -0.05) is 37.5 Å². The van der Waals surface area contributed by atoms with Gasteiger partial charge in [0, 0.05) is 49.4 Å². The summed E-state index contributed by atoms with van der Waals surface area (Å²) in [5.41, 5.74) is 3.57. The van der Waals surface area contributed by atoms with Crippen molar-refractivity contribution in [3.05, 3.63) is 47.8 Å². The van der Waals surface area contributed by atoms with Crippen molar-refractivity contribution in [3.63, 3.8) is 0 Å². The Bertz CT molecular complexity index is 889. The average molecular weight is 422 g/mol. The Labute approximate surface area is 185 Å². The van der Waals surface area contributed by atoms with Crippen molar-refractivity contribution >= 4 is 11.7 Å². The minimum absolute atomic E-state index is 0.117. The van der Waals surface area contributed by atoms with Gasteiger partial charge in [0.15, 0.2) is 0 Å². The number of fused-ring (bicyclic) bond motifs is 3. The number of nitrogens with one attached hydrogen (secondary N) is 2. The predicted octanol–water partition coefficient (Wildman–Crippen LogP) is 4.47. The molecular formula is C25H35N5O. The number of piperidine rings is 3. The average Bonchev–Trinajstić information content (AvgIpc) is 3.21. The van der Waals surface area contributed by atoms with E-state index in [4.69, 9.17) is 5.10 Å². The highest BCUT2D eigenvalue weighted by molar-refractivity contribution is 5.89. The first-order valence-corrected chi connectivity index (χ1v) is 12.0. The third-order valence-electron chi connectivity index (χ3n) is 7.75. The van der Waals surface area contributed by atoms with E-state index in [1.54, 1.807) is 0 Å². The molecule has 166 valence electrons. The Morgan fingerprint density at radius 1 is 1.13 bits per heavy atom. The van der Waals surface area contributed by atoms with E-state index in [1.165, 1.54) is 49.9 Å². The van der Waals surface area contributed by atoms with Gasteiger partial charge in [0.2, 0.25) is 0 Å². The van der Waals surface area contributed by atoms with Gasteiger partial charge in [-0.3, -0.25) is 9.58 Å². The maximum Gasteiger partial charge on any atom is 0.319 e. The van der Waals surface area contributed by atoms with E-state index in [0.717, 1.165) is 25.2 Å². The van der Waals surface area contributed by atoms with Gasteiger partial charge in [0.25, 0.3) is 0 Å². The molecule has 3 saturated heterocycles. The smallest absolute Gasteiger partial charge is 0.319 e. The van der Waals surface area contributed by atoms with E-state index in [-0.39, 0.29) is 6.03 Å². The maximum absolute atomic E-state index is 12.3. The Balaban J connectivity index is 1.18. The lowest BCUT2D eigenvalue weighted by Crippen LogP contribution is -2.56. The molecule has 1 unspecified atom stereocenters. The van der Waals surface area contributed by atoms with Crippen molar-refractivity contribution in [2.75, 3.05) is 25.0 Å². The predicted molar refractivity (Wildman–Crippen MR) is 123 cm³/mol. The maximum atomic E-state index is 12.3. The number of carbonyl (C=O) groups excluding carboxylic acids is 1. The van der Waals surface area contributed by atoms with Crippen molar-refractivity contribution in [1.29, 1.82) is 0 Å². The molecule has 1 aromatic carbocycles. The number of amides is 2. The third kappa shape index (κ3) is 4.49. The minimum Gasteiger partial charge on any atom is -0.336 e. The molecule has 4 fully saturated rings. The summed E-state index contributed by atoms with van der Waals surface area (Å²) in [6, 6.07) is 12.4. The summed E-state index contributed by atoms with van der Waals surface area (Å²) >= 11 is 0. The van der Waals surface area contributed by atoms with Crippen LogP contribution in [0.25, 0.3) is 0 Å². The van der Waals surface area contributed by atoms with E-state index < -0.39 is 0 Å². The normalized spacial score (nSPS) is 28.4.